The normalized spacial score (nSPS) is 13.2. The molecular formula is C12H15ClF3NO3. The number of benzene rings is 1. The Hall–Kier alpha value is -1.18. The van der Waals surface area contributed by atoms with E-state index < -0.39 is 18.9 Å². The molecule has 0 fully saturated rings. The molecule has 1 rings (SSSR count). The Morgan fingerprint density at radius 2 is 2.05 bits per heavy atom. The summed E-state index contributed by atoms with van der Waals surface area (Å²) in [7, 11) is 3.02. The van der Waals surface area contributed by atoms with Crippen LogP contribution in [0.3, 0.4) is 0 Å². The van der Waals surface area contributed by atoms with Gasteiger partial charge in [0.1, 0.15) is 6.61 Å². The van der Waals surface area contributed by atoms with Crippen LogP contribution in [0.1, 0.15) is 5.56 Å². The number of hydrogen-bond acceptors (Lipinski definition) is 4. The second-order valence-electron chi connectivity index (χ2n) is 4.00. The monoisotopic (exact) mass is 313 g/mol. The summed E-state index contributed by atoms with van der Waals surface area (Å²) >= 11 is 5.88. The van der Waals surface area contributed by atoms with Gasteiger partial charge in [-0.1, -0.05) is 11.6 Å². The first-order valence-electron chi connectivity index (χ1n) is 5.68. The maximum absolute atomic E-state index is 12.3. The van der Waals surface area contributed by atoms with Gasteiger partial charge in [-0.25, -0.2) is 0 Å². The van der Waals surface area contributed by atoms with Gasteiger partial charge in [0.25, 0.3) is 0 Å². The van der Waals surface area contributed by atoms with E-state index in [2.05, 4.69) is 5.32 Å². The lowest BCUT2D eigenvalue weighted by Gasteiger charge is -2.19. The summed E-state index contributed by atoms with van der Waals surface area (Å²) in [6.45, 7) is -0.591. The summed E-state index contributed by atoms with van der Waals surface area (Å²) < 4.78 is 46.8. The third kappa shape index (κ3) is 4.43. The molecule has 114 valence electrons. The van der Waals surface area contributed by atoms with E-state index in [1.807, 2.05) is 0 Å². The van der Waals surface area contributed by atoms with Gasteiger partial charge in [-0.15, -0.1) is 0 Å². The van der Waals surface area contributed by atoms with Crippen LogP contribution in [0.4, 0.5) is 13.2 Å². The van der Waals surface area contributed by atoms with E-state index in [1.165, 1.54) is 13.2 Å². The Kier molecular flexibility index (Phi) is 5.91. The van der Waals surface area contributed by atoms with Crippen LogP contribution in [0.2, 0.25) is 5.02 Å². The molecule has 0 saturated heterocycles. The van der Waals surface area contributed by atoms with Crippen molar-refractivity contribution in [1.29, 1.82) is 0 Å². The molecular weight excluding hydrogens is 299 g/mol. The second kappa shape index (κ2) is 7.01. The van der Waals surface area contributed by atoms with E-state index in [0.29, 0.717) is 17.1 Å². The SMILES string of the molecule is CNCc1cc(Cl)cc(OC)c1OCC(O)C(F)(F)F. The molecule has 1 aromatic rings. The highest BCUT2D eigenvalue weighted by molar-refractivity contribution is 6.30. The van der Waals surface area contributed by atoms with Crippen LogP contribution in [-0.2, 0) is 6.54 Å². The fourth-order valence-corrected chi connectivity index (χ4v) is 1.75. The Labute approximate surface area is 119 Å². The minimum Gasteiger partial charge on any atom is -0.493 e. The number of halogens is 4. The number of aliphatic hydroxyl groups excluding tert-OH is 1. The Balaban J connectivity index is 2.97. The Bertz CT molecular complexity index is 454. The maximum Gasteiger partial charge on any atom is 0.417 e. The number of ether oxygens (including phenoxy) is 2. The molecule has 0 bridgehead atoms. The fraction of sp³-hybridized carbons (Fsp3) is 0.500. The van der Waals surface area contributed by atoms with Crippen LogP contribution < -0.4 is 14.8 Å². The summed E-state index contributed by atoms with van der Waals surface area (Å²) in [5.41, 5.74) is 0.534. The van der Waals surface area contributed by atoms with E-state index in [9.17, 15) is 13.2 Å². The predicted molar refractivity (Wildman–Crippen MR) is 68.3 cm³/mol. The number of methoxy groups -OCH3 is 1. The molecule has 0 saturated carbocycles. The molecule has 0 spiro atoms. The maximum atomic E-state index is 12.3. The van der Waals surface area contributed by atoms with Crippen LogP contribution in [0, 0.1) is 0 Å². The fourth-order valence-electron chi connectivity index (χ4n) is 1.52. The van der Waals surface area contributed by atoms with E-state index in [4.69, 9.17) is 26.2 Å². The van der Waals surface area contributed by atoms with Crippen LogP contribution in [0.15, 0.2) is 12.1 Å². The van der Waals surface area contributed by atoms with Crippen molar-refractivity contribution in [2.24, 2.45) is 0 Å². The van der Waals surface area contributed by atoms with Gasteiger partial charge in [0.15, 0.2) is 17.6 Å². The molecule has 8 heteroatoms. The van der Waals surface area contributed by atoms with Crippen molar-refractivity contribution < 1.29 is 27.8 Å². The van der Waals surface area contributed by atoms with Crippen LogP contribution >= 0.6 is 11.6 Å². The average molecular weight is 314 g/mol. The summed E-state index contributed by atoms with van der Waals surface area (Å²) in [4.78, 5) is 0. The molecule has 20 heavy (non-hydrogen) atoms. The Morgan fingerprint density at radius 3 is 2.55 bits per heavy atom. The third-order valence-electron chi connectivity index (χ3n) is 2.45. The van der Waals surface area contributed by atoms with Gasteiger partial charge in [-0.3, -0.25) is 0 Å². The van der Waals surface area contributed by atoms with Gasteiger partial charge in [0.05, 0.1) is 7.11 Å². The third-order valence-corrected chi connectivity index (χ3v) is 2.67. The first-order valence-corrected chi connectivity index (χ1v) is 6.06. The van der Waals surface area contributed by atoms with E-state index >= 15 is 0 Å². The van der Waals surface area contributed by atoms with Gasteiger partial charge in [0.2, 0.25) is 0 Å². The van der Waals surface area contributed by atoms with Crippen LogP contribution in [0.5, 0.6) is 11.5 Å². The molecule has 0 heterocycles. The number of hydrogen-bond donors (Lipinski definition) is 2. The smallest absolute Gasteiger partial charge is 0.417 e. The molecule has 0 aromatic heterocycles. The predicted octanol–water partition coefficient (Wildman–Crippen LogP) is 2.37. The quantitative estimate of drug-likeness (QED) is 0.846. The number of rotatable bonds is 6. The molecule has 4 nitrogen and oxygen atoms in total. The van der Waals surface area contributed by atoms with E-state index in [1.54, 1.807) is 13.1 Å². The molecule has 0 amide bonds. The zero-order valence-corrected chi connectivity index (χ0v) is 11.7. The van der Waals surface area contributed by atoms with Gasteiger partial charge >= 0.3 is 6.18 Å². The summed E-state index contributed by atoms with van der Waals surface area (Å²) in [5, 5.41) is 12.2. The summed E-state index contributed by atoms with van der Waals surface area (Å²) in [6.07, 6.45) is -7.30. The largest absolute Gasteiger partial charge is 0.493 e. The number of alkyl halides is 3. The van der Waals surface area contributed by atoms with Crippen molar-refractivity contribution in [3.8, 4) is 11.5 Å². The number of aliphatic hydroxyl groups is 1. The zero-order valence-electron chi connectivity index (χ0n) is 10.9. The lowest BCUT2D eigenvalue weighted by atomic mass is 10.2. The number of nitrogens with one attached hydrogen (secondary N) is 1. The molecule has 1 aromatic carbocycles. The van der Waals surface area contributed by atoms with Gasteiger partial charge < -0.3 is 19.9 Å². The molecule has 0 aliphatic carbocycles. The molecule has 1 unspecified atom stereocenters. The van der Waals surface area contributed by atoms with Crippen LogP contribution in [-0.4, -0.2) is 38.2 Å². The van der Waals surface area contributed by atoms with Crippen molar-refractivity contribution in [3.05, 3.63) is 22.7 Å². The van der Waals surface area contributed by atoms with Crippen molar-refractivity contribution in [2.75, 3.05) is 20.8 Å². The molecule has 0 aliphatic heterocycles. The van der Waals surface area contributed by atoms with Gasteiger partial charge in [0, 0.05) is 23.2 Å². The summed E-state index contributed by atoms with van der Waals surface area (Å²) in [5.74, 6) is 0.326. The van der Waals surface area contributed by atoms with Gasteiger partial charge in [-0.2, -0.15) is 13.2 Å². The highest BCUT2D eigenvalue weighted by Gasteiger charge is 2.39. The van der Waals surface area contributed by atoms with E-state index in [-0.39, 0.29) is 11.5 Å². The van der Waals surface area contributed by atoms with Crippen LogP contribution in [0.25, 0.3) is 0 Å². The molecule has 0 aliphatic rings. The molecule has 2 N–H and O–H groups in total. The highest BCUT2D eigenvalue weighted by Crippen LogP contribution is 2.35. The van der Waals surface area contributed by atoms with Crippen molar-refractivity contribution in [2.45, 2.75) is 18.8 Å². The zero-order chi connectivity index (χ0) is 15.3. The lowest BCUT2D eigenvalue weighted by molar-refractivity contribution is -0.210. The first-order chi connectivity index (χ1) is 9.29. The highest BCUT2D eigenvalue weighted by atomic mass is 35.5. The molecule has 1 atom stereocenters. The van der Waals surface area contributed by atoms with E-state index in [0.717, 1.165) is 0 Å². The first kappa shape index (κ1) is 16.9. The Morgan fingerprint density at radius 1 is 1.40 bits per heavy atom. The second-order valence-corrected chi connectivity index (χ2v) is 4.43. The van der Waals surface area contributed by atoms with Gasteiger partial charge in [-0.05, 0) is 13.1 Å². The minimum absolute atomic E-state index is 0.120. The average Bonchev–Trinajstić information content (AvgIpc) is 2.35. The standard InChI is InChI=1S/C12H15ClF3NO3/c1-17-5-7-3-8(13)4-9(19-2)11(7)20-6-10(18)12(14,15)16/h3-4,10,17-18H,5-6H2,1-2H3. The lowest BCUT2D eigenvalue weighted by Crippen LogP contribution is -2.34. The minimum atomic E-state index is -4.73. The summed E-state index contributed by atoms with van der Waals surface area (Å²) in [6, 6.07) is 2.98. The van der Waals surface area contributed by atoms with Crippen molar-refractivity contribution in [1.82, 2.24) is 5.32 Å². The van der Waals surface area contributed by atoms with Crippen molar-refractivity contribution in [3.63, 3.8) is 0 Å². The molecule has 0 radical (unpaired) electrons. The topological polar surface area (TPSA) is 50.7 Å². The van der Waals surface area contributed by atoms with Crippen molar-refractivity contribution >= 4 is 11.6 Å².